The minimum atomic E-state index is -0.609. The maximum atomic E-state index is 11.4. The zero-order valence-electron chi connectivity index (χ0n) is 14.6. The van der Waals surface area contributed by atoms with Crippen LogP contribution < -0.4 is 5.32 Å². The van der Waals surface area contributed by atoms with Crippen LogP contribution in [0.1, 0.15) is 40.9 Å². The lowest BCUT2D eigenvalue weighted by atomic mass is 10.0. The standard InChI is InChI=1S/C20H25NO4/c1-14(21-13-19(23)16-9-11-18(22)12-10-16)3-4-15-5-7-17(8-6-15)20(24)25-2/h5-12,14,19,21-23H,3-4,13H2,1-2H3. The summed E-state index contributed by atoms with van der Waals surface area (Å²) in [5, 5.41) is 22.8. The van der Waals surface area contributed by atoms with Crippen molar-refractivity contribution in [3.05, 3.63) is 65.2 Å². The van der Waals surface area contributed by atoms with Crippen molar-refractivity contribution in [2.45, 2.75) is 31.9 Å². The molecule has 3 N–H and O–H groups in total. The SMILES string of the molecule is COC(=O)c1ccc(CCC(C)NCC(O)c2ccc(O)cc2)cc1. The second kappa shape index (κ2) is 9.20. The molecule has 0 heterocycles. The van der Waals surface area contributed by atoms with E-state index in [0.29, 0.717) is 12.1 Å². The lowest BCUT2D eigenvalue weighted by Crippen LogP contribution is -2.30. The van der Waals surface area contributed by atoms with Crippen molar-refractivity contribution in [3.8, 4) is 5.75 Å². The molecule has 5 nitrogen and oxygen atoms in total. The lowest BCUT2D eigenvalue weighted by Gasteiger charge is -2.17. The van der Waals surface area contributed by atoms with Gasteiger partial charge in [-0.05, 0) is 55.2 Å². The average molecular weight is 343 g/mol. The number of hydrogen-bond donors (Lipinski definition) is 3. The molecular weight excluding hydrogens is 318 g/mol. The zero-order chi connectivity index (χ0) is 18.2. The predicted octanol–water partition coefficient (Wildman–Crippen LogP) is 2.82. The number of aryl methyl sites for hydroxylation is 1. The molecule has 0 aromatic heterocycles. The number of carbonyl (C=O) groups excluding carboxylic acids is 1. The molecule has 0 spiro atoms. The third-order valence-corrected chi connectivity index (χ3v) is 4.18. The first-order valence-corrected chi connectivity index (χ1v) is 8.37. The van der Waals surface area contributed by atoms with Gasteiger partial charge in [-0.2, -0.15) is 0 Å². The van der Waals surface area contributed by atoms with Crippen LogP contribution in [0.15, 0.2) is 48.5 Å². The molecule has 0 aliphatic heterocycles. The molecule has 0 radical (unpaired) electrons. The highest BCUT2D eigenvalue weighted by Gasteiger charge is 2.10. The summed E-state index contributed by atoms with van der Waals surface area (Å²) in [7, 11) is 1.37. The Labute approximate surface area is 148 Å². The monoisotopic (exact) mass is 343 g/mol. The minimum Gasteiger partial charge on any atom is -0.508 e. The van der Waals surface area contributed by atoms with Gasteiger partial charge in [-0.25, -0.2) is 4.79 Å². The molecule has 25 heavy (non-hydrogen) atoms. The molecule has 2 atom stereocenters. The van der Waals surface area contributed by atoms with Crippen molar-refractivity contribution < 1.29 is 19.7 Å². The van der Waals surface area contributed by atoms with Gasteiger partial charge in [0.1, 0.15) is 5.75 Å². The highest BCUT2D eigenvalue weighted by molar-refractivity contribution is 5.89. The van der Waals surface area contributed by atoms with Crippen LogP contribution in [0.2, 0.25) is 0 Å². The van der Waals surface area contributed by atoms with Gasteiger partial charge in [0.05, 0.1) is 18.8 Å². The number of esters is 1. The zero-order valence-corrected chi connectivity index (χ0v) is 14.6. The van der Waals surface area contributed by atoms with Crippen LogP contribution in [0.3, 0.4) is 0 Å². The van der Waals surface area contributed by atoms with Crippen LogP contribution in [0.5, 0.6) is 5.75 Å². The van der Waals surface area contributed by atoms with E-state index < -0.39 is 6.10 Å². The molecule has 0 saturated carbocycles. The number of ether oxygens (including phenoxy) is 1. The second-order valence-electron chi connectivity index (χ2n) is 6.14. The molecule has 0 aliphatic carbocycles. The topological polar surface area (TPSA) is 78.8 Å². The Kier molecular flexibility index (Phi) is 6.98. The van der Waals surface area contributed by atoms with E-state index in [9.17, 15) is 15.0 Å². The van der Waals surface area contributed by atoms with Gasteiger partial charge in [0, 0.05) is 12.6 Å². The van der Waals surface area contributed by atoms with Gasteiger partial charge in [0.2, 0.25) is 0 Å². The summed E-state index contributed by atoms with van der Waals surface area (Å²) in [5.41, 5.74) is 2.48. The summed E-state index contributed by atoms with van der Waals surface area (Å²) in [4.78, 5) is 11.4. The van der Waals surface area contributed by atoms with E-state index in [0.717, 1.165) is 24.0 Å². The fraction of sp³-hybridized carbons (Fsp3) is 0.350. The number of aliphatic hydroxyl groups excluding tert-OH is 1. The number of aromatic hydroxyl groups is 1. The summed E-state index contributed by atoms with van der Waals surface area (Å²) >= 11 is 0. The Morgan fingerprint density at radius 3 is 2.36 bits per heavy atom. The van der Waals surface area contributed by atoms with E-state index in [4.69, 9.17) is 0 Å². The largest absolute Gasteiger partial charge is 0.508 e. The number of phenols is 1. The van der Waals surface area contributed by atoms with Crippen molar-refractivity contribution >= 4 is 5.97 Å². The van der Waals surface area contributed by atoms with E-state index in [-0.39, 0.29) is 17.8 Å². The molecule has 0 aliphatic rings. The summed E-state index contributed by atoms with van der Waals surface area (Å²) in [6.45, 7) is 2.53. The third-order valence-electron chi connectivity index (χ3n) is 4.18. The lowest BCUT2D eigenvalue weighted by molar-refractivity contribution is 0.0600. The number of aliphatic hydroxyl groups is 1. The molecule has 5 heteroatoms. The Hall–Kier alpha value is -2.37. The van der Waals surface area contributed by atoms with E-state index in [1.807, 2.05) is 12.1 Å². The highest BCUT2D eigenvalue weighted by atomic mass is 16.5. The quantitative estimate of drug-likeness (QED) is 0.643. The molecule has 2 unspecified atom stereocenters. The third kappa shape index (κ3) is 5.89. The van der Waals surface area contributed by atoms with Crippen LogP contribution in [0, 0.1) is 0 Å². The van der Waals surface area contributed by atoms with Crippen molar-refractivity contribution in [1.82, 2.24) is 5.32 Å². The maximum absolute atomic E-state index is 11.4. The van der Waals surface area contributed by atoms with E-state index in [1.165, 1.54) is 7.11 Å². The Morgan fingerprint density at radius 2 is 1.76 bits per heavy atom. The van der Waals surface area contributed by atoms with Crippen molar-refractivity contribution in [3.63, 3.8) is 0 Å². The number of rotatable bonds is 8. The molecule has 0 amide bonds. The van der Waals surface area contributed by atoms with Crippen LogP contribution in [-0.4, -0.2) is 35.9 Å². The molecular formula is C20H25NO4. The number of benzene rings is 2. The fourth-order valence-electron chi connectivity index (χ4n) is 2.54. The van der Waals surface area contributed by atoms with Gasteiger partial charge in [-0.1, -0.05) is 24.3 Å². The molecule has 0 saturated heterocycles. The highest BCUT2D eigenvalue weighted by Crippen LogP contribution is 2.16. The van der Waals surface area contributed by atoms with Crippen LogP contribution >= 0.6 is 0 Å². The van der Waals surface area contributed by atoms with Crippen LogP contribution in [0.25, 0.3) is 0 Å². The Balaban J connectivity index is 1.75. The molecule has 134 valence electrons. The van der Waals surface area contributed by atoms with Gasteiger partial charge in [-0.3, -0.25) is 0 Å². The molecule has 2 aromatic carbocycles. The minimum absolute atomic E-state index is 0.190. The average Bonchev–Trinajstić information content (AvgIpc) is 2.64. The number of carbonyl (C=O) groups is 1. The summed E-state index contributed by atoms with van der Waals surface area (Å²) in [6.07, 6.45) is 1.19. The smallest absolute Gasteiger partial charge is 0.337 e. The molecule has 2 aromatic rings. The Morgan fingerprint density at radius 1 is 1.12 bits per heavy atom. The fourth-order valence-corrected chi connectivity index (χ4v) is 2.54. The summed E-state index contributed by atoms with van der Waals surface area (Å²) in [6, 6.07) is 14.2. The molecule has 0 bridgehead atoms. The molecule has 0 fully saturated rings. The van der Waals surface area contributed by atoms with Crippen LogP contribution in [-0.2, 0) is 11.2 Å². The van der Waals surface area contributed by atoms with Gasteiger partial charge in [-0.15, -0.1) is 0 Å². The van der Waals surface area contributed by atoms with Crippen molar-refractivity contribution in [2.24, 2.45) is 0 Å². The van der Waals surface area contributed by atoms with E-state index in [1.54, 1.807) is 36.4 Å². The number of phenolic OH excluding ortho intramolecular Hbond substituents is 1. The van der Waals surface area contributed by atoms with Crippen LogP contribution in [0.4, 0.5) is 0 Å². The normalized spacial score (nSPS) is 13.2. The first kappa shape index (κ1) is 19.0. The second-order valence-corrected chi connectivity index (χ2v) is 6.14. The summed E-state index contributed by atoms with van der Waals surface area (Å²) < 4.78 is 4.69. The first-order valence-electron chi connectivity index (χ1n) is 8.37. The number of hydrogen-bond acceptors (Lipinski definition) is 5. The molecule has 2 rings (SSSR count). The van der Waals surface area contributed by atoms with E-state index >= 15 is 0 Å². The van der Waals surface area contributed by atoms with Crippen molar-refractivity contribution in [2.75, 3.05) is 13.7 Å². The maximum Gasteiger partial charge on any atom is 0.337 e. The van der Waals surface area contributed by atoms with E-state index in [2.05, 4.69) is 17.0 Å². The van der Waals surface area contributed by atoms with Gasteiger partial charge >= 0.3 is 5.97 Å². The van der Waals surface area contributed by atoms with Gasteiger partial charge in [0.15, 0.2) is 0 Å². The van der Waals surface area contributed by atoms with Gasteiger partial charge < -0.3 is 20.3 Å². The number of nitrogens with one attached hydrogen (secondary N) is 1. The summed E-state index contributed by atoms with van der Waals surface area (Å²) in [5.74, 6) is -0.139. The van der Waals surface area contributed by atoms with Gasteiger partial charge in [0.25, 0.3) is 0 Å². The number of methoxy groups -OCH3 is 1. The Bertz CT molecular complexity index is 667. The van der Waals surface area contributed by atoms with Crippen molar-refractivity contribution in [1.29, 1.82) is 0 Å². The predicted molar refractivity (Wildman–Crippen MR) is 96.6 cm³/mol. The first-order chi connectivity index (χ1) is 12.0.